The van der Waals surface area contributed by atoms with Gasteiger partial charge in [0.15, 0.2) is 9.84 Å². The first-order valence-corrected chi connectivity index (χ1v) is 10.3. The van der Waals surface area contributed by atoms with E-state index in [1.807, 2.05) is 13.0 Å². The van der Waals surface area contributed by atoms with E-state index in [1.165, 1.54) is 0 Å². The van der Waals surface area contributed by atoms with Gasteiger partial charge in [0.2, 0.25) is 5.91 Å². The molecule has 2 fully saturated rings. The Bertz CT molecular complexity index is 713. The monoisotopic (exact) mass is 354 g/mol. The number of aryl methyl sites for hydroxylation is 1. The Morgan fingerprint density at radius 1 is 1.29 bits per heavy atom. The molecule has 7 nitrogen and oxygen atoms in total. The molecule has 0 saturated carbocycles. The van der Waals surface area contributed by atoms with E-state index in [0.717, 1.165) is 18.8 Å². The molecule has 0 radical (unpaired) electrons. The molecule has 1 aromatic heterocycles. The van der Waals surface area contributed by atoms with Crippen LogP contribution in [-0.4, -0.2) is 77.1 Å². The van der Waals surface area contributed by atoms with Gasteiger partial charge in [-0.05, 0) is 18.9 Å². The maximum absolute atomic E-state index is 12.8. The fourth-order valence-corrected chi connectivity index (χ4v) is 5.83. The molecule has 24 heavy (non-hydrogen) atoms. The summed E-state index contributed by atoms with van der Waals surface area (Å²) >= 11 is 0. The lowest BCUT2D eigenvalue weighted by Crippen LogP contribution is -2.61. The van der Waals surface area contributed by atoms with Crippen molar-refractivity contribution in [2.75, 3.05) is 31.1 Å². The summed E-state index contributed by atoms with van der Waals surface area (Å²) in [6, 6.07) is 1.55. The topological polar surface area (TPSA) is 75.5 Å². The minimum Gasteiger partial charge on any atom is -0.334 e. The van der Waals surface area contributed by atoms with Crippen LogP contribution in [0, 0.1) is 12.8 Å². The summed E-state index contributed by atoms with van der Waals surface area (Å²) in [5.41, 5.74) is 0.928. The molecule has 2 aliphatic rings. The Morgan fingerprint density at radius 2 is 2.00 bits per heavy atom. The van der Waals surface area contributed by atoms with Crippen molar-refractivity contribution in [3.05, 3.63) is 18.0 Å². The predicted molar refractivity (Wildman–Crippen MR) is 91.3 cm³/mol. The van der Waals surface area contributed by atoms with E-state index in [1.54, 1.807) is 15.8 Å². The number of sulfone groups is 1. The van der Waals surface area contributed by atoms with Crippen LogP contribution in [0.15, 0.2) is 12.3 Å². The summed E-state index contributed by atoms with van der Waals surface area (Å²) < 4.78 is 26.0. The molecule has 0 aliphatic carbocycles. The lowest BCUT2D eigenvalue weighted by atomic mass is 10.0. The molecule has 0 spiro atoms. The van der Waals surface area contributed by atoms with E-state index in [-0.39, 0.29) is 36.0 Å². The lowest BCUT2D eigenvalue weighted by molar-refractivity contribution is -0.138. The SMILES string of the molecule is Cc1ccnn1CC(=O)N1CCN(CC(C)C)[C@@H]2CS(=O)(=O)C[C@@H]21. The van der Waals surface area contributed by atoms with Crippen molar-refractivity contribution in [2.24, 2.45) is 5.92 Å². The third-order valence-electron chi connectivity index (χ3n) is 4.92. The number of amides is 1. The number of fused-ring (bicyclic) bond motifs is 1. The maximum atomic E-state index is 12.8. The lowest BCUT2D eigenvalue weighted by Gasteiger charge is -2.44. The van der Waals surface area contributed by atoms with Gasteiger partial charge in [0.25, 0.3) is 0 Å². The Kier molecular flexibility index (Phi) is 4.70. The van der Waals surface area contributed by atoms with Crippen LogP contribution in [0.2, 0.25) is 0 Å². The van der Waals surface area contributed by atoms with Crippen LogP contribution in [0.5, 0.6) is 0 Å². The summed E-state index contributed by atoms with van der Waals surface area (Å²) in [6.07, 6.45) is 1.67. The van der Waals surface area contributed by atoms with Gasteiger partial charge in [0.05, 0.1) is 17.5 Å². The van der Waals surface area contributed by atoms with Gasteiger partial charge in [-0.3, -0.25) is 14.4 Å². The van der Waals surface area contributed by atoms with Crippen LogP contribution in [0.3, 0.4) is 0 Å². The fourth-order valence-electron chi connectivity index (χ4n) is 3.81. The van der Waals surface area contributed by atoms with Crippen molar-refractivity contribution < 1.29 is 13.2 Å². The number of nitrogens with zero attached hydrogens (tertiary/aromatic N) is 4. The minimum atomic E-state index is -3.09. The van der Waals surface area contributed by atoms with Crippen LogP contribution in [0.4, 0.5) is 0 Å². The zero-order chi connectivity index (χ0) is 17.5. The predicted octanol–water partition coefficient (Wildman–Crippen LogP) is 0.157. The third kappa shape index (κ3) is 3.49. The number of hydrogen-bond donors (Lipinski definition) is 0. The number of aromatic nitrogens is 2. The number of rotatable bonds is 4. The van der Waals surface area contributed by atoms with Crippen LogP contribution >= 0.6 is 0 Å². The minimum absolute atomic E-state index is 0.0434. The number of hydrogen-bond acceptors (Lipinski definition) is 5. The quantitative estimate of drug-likeness (QED) is 0.770. The molecule has 2 atom stereocenters. The fraction of sp³-hybridized carbons (Fsp3) is 0.750. The normalized spacial score (nSPS) is 26.8. The van der Waals surface area contributed by atoms with E-state index in [2.05, 4.69) is 23.8 Å². The van der Waals surface area contributed by atoms with Gasteiger partial charge in [-0.2, -0.15) is 5.10 Å². The van der Waals surface area contributed by atoms with E-state index in [9.17, 15) is 13.2 Å². The number of carbonyl (C=O) groups is 1. The average Bonchev–Trinajstić information content (AvgIpc) is 3.01. The standard InChI is InChI=1S/C16H26N4O3S/c1-12(2)8-18-6-7-19(15-11-24(22,23)10-14(15)18)16(21)9-20-13(3)4-5-17-20/h4-5,12,14-15H,6-11H2,1-3H3/t14-,15+/m1/s1. The van der Waals surface area contributed by atoms with E-state index >= 15 is 0 Å². The second-order valence-electron chi connectivity index (χ2n) is 7.32. The second-order valence-corrected chi connectivity index (χ2v) is 9.47. The number of carbonyl (C=O) groups excluding carboxylic acids is 1. The molecule has 1 aromatic rings. The highest BCUT2D eigenvalue weighted by Gasteiger charge is 2.47. The molecule has 0 unspecified atom stereocenters. The highest BCUT2D eigenvalue weighted by Crippen LogP contribution is 2.28. The Balaban J connectivity index is 1.78. The average molecular weight is 354 g/mol. The van der Waals surface area contributed by atoms with Gasteiger partial charge < -0.3 is 4.90 Å². The molecule has 134 valence electrons. The van der Waals surface area contributed by atoms with Crippen molar-refractivity contribution in [3.8, 4) is 0 Å². The Hall–Kier alpha value is -1.41. The van der Waals surface area contributed by atoms with E-state index in [4.69, 9.17) is 0 Å². The molecule has 3 rings (SSSR count). The second kappa shape index (κ2) is 6.48. The van der Waals surface area contributed by atoms with Crippen LogP contribution in [0.25, 0.3) is 0 Å². The molecule has 2 aliphatic heterocycles. The van der Waals surface area contributed by atoms with E-state index < -0.39 is 9.84 Å². The number of piperazine rings is 1. The molecular formula is C16H26N4O3S. The first-order valence-electron chi connectivity index (χ1n) is 8.49. The summed E-state index contributed by atoms with van der Waals surface area (Å²) in [6.45, 7) is 8.54. The zero-order valence-electron chi connectivity index (χ0n) is 14.6. The highest BCUT2D eigenvalue weighted by atomic mass is 32.2. The molecule has 3 heterocycles. The van der Waals surface area contributed by atoms with Gasteiger partial charge in [-0.15, -0.1) is 0 Å². The Labute approximate surface area is 143 Å². The molecule has 8 heteroatoms. The summed E-state index contributed by atoms with van der Waals surface area (Å²) in [5, 5.41) is 4.16. The first kappa shape index (κ1) is 17.4. The van der Waals surface area contributed by atoms with Crippen LogP contribution in [0.1, 0.15) is 19.5 Å². The summed E-state index contributed by atoms with van der Waals surface area (Å²) in [7, 11) is -3.09. The van der Waals surface area contributed by atoms with Crippen molar-refractivity contribution in [1.29, 1.82) is 0 Å². The summed E-state index contributed by atoms with van der Waals surface area (Å²) in [5.74, 6) is 0.673. The molecule has 0 bridgehead atoms. The van der Waals surface area contributed by atoms with Gasteiger partial charge in [-0.25, -0.2) is 8.42 Å². The van der Waals surface area contributed by atoms with Gasteiger partial charge in [-0.1, -0.05) is 13.8 Å². The van der Waals surface area contributed by atoms with Crippen molar-refractivity contribution in [1.82, 2.24) is 19.6 Å². The molecular weight excluding hydrogens is 328 g/mol. The van der Waals surface area contributed by atoms with E-state index in [0.29, 0.717) is 12.5 Å². The van der Waals surface area contributed by atoms with Crippen molar-refractivity contribution in [3.63, 3.8) is 0 Å². The highest BCUT2D eigenvalue weighted by molar-refractivity contribution is 7.91. The smallest absolute Gasteiger partial charge is 0.244 e. The first-order chi connectivity index (χ1) is 11.3. The van der Waals surface area contributed by atoms with Gasteiger partial charge in [0, 0.05) is 37.6 Å². The van der Waals surface area contributed by atoms with Gasteiger partial charge >= 0.3 is 0 Å². The van der Waals surface area contributed by atoms with Gasteiger partial charge in [0.1, 0.15) is 6.54 Å². The largest absolute Gasteiger partial charge is 0.334 e. The summed E-state index contributed by atoms with van der Waals surface area (Å²) in [4.78, 5) is 16.8. The molecule has 2 saturated heterocycles. The Morgan fingerprint density at radius 3 is 2.62 bits per heavy atom. The molecule has 0 aromatic carbocycles. The molecule has 1 amide bonds. The van der Waals surface area contributed by atoms with Crippen LogP contribution in [-0.2, 0) is 21.2 Å². The van der Waals surface area contributed by atoms with Crippen molar-refractivity contribution >= 4 is 15.7 Å². The third-order valence-corrected chi connectivity index (χ3v) is 6.62. The van der Waals surface area contributed by atoms with Crippen molar-refractivity contribution in [2.45, 2.75) is 39.4 Å². The van der Waals surface area contributed by atoms with Crippen LogP contribution < -0.4 is 0 Å². The maximum Gasteiger partial charge on any atom is 0.244 e. The zero-order valence-corrected chi connectivity index (χ0v) is 15.4. The molecule has 0 N–H and O–H groups in total.